The molecule has 1 aliphatic heterocycles. The van der Waals surface area contributed by atoms with Crippen LogP contribution < -0.4 is 14.4 Å². The van der Waals surface area contributed by atoms with Gasteiger partial charge in [0.1, 0.15) is 17.4 Å². The van der Waals surface area contributed by atoms with Gasteiger partial charge in [0.2, 0.25) is 15.9 Å². The van der Waals surface area contributed by atoms with Gasteiger partial charge in [0.05, 0.1) is 18.0 Å². The Labute approximate surface area is 179 Å². The number of ether oxygens (including phenoxy) is 1. The summed E-state index contributed by atoms with van der Waals surface area (Å²) < 4.78 is 32.3. The lowest BCUT2D eigenvalue weighted by Crippen LogP contribution is -2.50. The predicted octanol–water partition coefficient (Wildman–Crippen LogP) is 3.88. The van der Waals surface area contributed by atoms with E-state index in [-0.39, 0.29) is 11.9 Å². The number of nitrogens with zero attached hydrogens (tertiary/aromatic N) is 1. The number of carbonyl (C=O) groups is 1. The first kappa shape index (κ1) is 22.2. The van der Waals surface area contributed by atoms with E-state index in [2.05, 4.69) is 5.32 Å². The van der Waals surface area contributed by atoms with Crippen LogP contribution in [0.4, 0.5) is 5.69 Å². The molecule has 0 spiro atoms. The maximum absolute atomic E-state index is 13.2. The molecule has 0 fully saturated rings. The average molecular weight is 431 g/mol. The molecule has 1 N–H and O–H groups in total. The van der Waals surface area contributed by atoms with Crippen LogP contribution in [-0.4, -0.2) is 32.2 Å². The van der Waals surface area contributed by atoms with E-state index in [1.807, 2.05) is 58.0 Å². The standard InChI is InChI=1S/C23H30N2O4S/c1-15-7-10-18(11-8-15)25(30(6,27)28)17(3)22(26)24-20-14-23(4,5)29-21-13-16(2)9-12-19(20)21/h7-13,17,20H,14H2,1-6H3,(H,24,26). The molecule has 1 heterocycles. The number of carbonyl (C=O) groups excluding carboxylic acids is 1. The number of fused-ring (bicyclic) bond motifs is 1. The highest BCUT2D eigenvalue weighted by atomic mass is 32.2. The first-order chi connectivity index (χ1) is 13.9. The van der Waals surface area contributed by atoms with E-state index in [0.717, 1.165) is 28.7 Å². The van der Waals surface area contributed by atoms with Crippen LogP contribution in [0.25, 0.3) is 0 Å². The Morgan fingerprint density at radius 1 is 1.13 bits per heavy atom. The van der Waals surface area contributed by atoms with Gasteiger partial charge < -0.3 is 10.1 Å². The molecular formula is C23H30N2O4S. The summed E-state index contributed by atoms with van der Waals surface area (Å²) in [6, 6.07) is 11.8. The fourth-order valence-electron chi connectivity index (χ4n) is 3.88. The molecule has 2 aromatic rings. The molecule has 6 nitrogen and oxygen atoms in total. The molecule has 0 saturated carbocycles. The Morgan fingerprint density at radius 3 is 2.33 bits per heavy atom. The summed E-state index contributed by atoms with van der Waals surface area (Å²) >= 11 is 0. The minimum Gasteiger partial charge on any atom is -0.487 e. The number of hydrogen-bond donors (Lipinski definition) is 1. The summed E-state index contributed by atoms with van der Waals surface area (Å²) in [4.78, 5) is 13.2. The Bertz CT molecular complexity index is 1050. The number of rotatable bonds is 5. The molecule has 30 heavy (non-hydrogen) atoms. The highest BCUT2D eigenvalue weighted by molar-refractivity contribution is 7.92. The van der Waals surface area contributed by atoms with E-state index in [1.165, 1.54) is 4.31 Å². The second-order valence-corrected chi connectivity index (χ2v) is 10.6. The molecule has 3 rings (SSSR count). The van der Waals surface area contributed by atoms with Gasteiger partial charge in [0.15, 0.2) is 0 Å². The zero-order valence-corrected chi connectivity index (χ0v) is 19.2. The normalized spacial score (nSPS) is 18.7. The van der Waals surface area contributed by atoms with Crippen molar-refractivity contribution in [3.63, 3.8) is 0 Å². The zero-order valence-electron chi connectivity index (χ0n) is 18.4. The summed E-state index contributed by atoms with van der Waals surface area (Å²) in [7, 11) is -3.66. The summed E-state index contributed by atoms with van der Waals surface area (Å²) in [6.45, 7) is 9.49. The minimum atomic E-state index is -3.66. The minimum absolute atomic E-state index is 0.265. The molecule has 1 amide bonds. The summed E-state index contributed by atoms with van der Waals surface area (Å²) in [5.41, 5.74) is 3.01. The fraction of sp³-hybridized carbons (Fsp3) is 0.435. The Morgan fingerprint density at radius 2 is 1.73 bits per heavy atom. The average Bonchev–Trinajstić information content (AvgIpc) is 2.61. The molecular weight excluding hydrogens is 400 g/mol. The number of anilines is 1. The Kier molecular flexibility index (Phi) is 5.87. The molecule has 7 heteroatoms. The molecule has 2 aromatic carbocycles. The maximum atomic E-state index is 13.2. The van der Waals surface area contributed by atoms with Crippen molar-refractivity contribution >= 4 is 21.6 Å². The monoisotopic (exact) mass is 430 g/mol. The molecule has 0 saturated heterocycles. The number of nitrogens with one attached hydrogen (secondary N) is 1. The van der Waals surface area contributed by atoms with Gasteiger partial charge in [-0.05, 0) is 58.4 Å². The van der Waals surface area contributed by atoms with Crippen molar-refractivity contribution in [3.05, 3.63) is 59.2 Å². The first-order valence-electron chi connectivity index (χ1n) is 10.0. The second kappa shape index (κ2) is 7.95. The third-order valence-corrected chi connectivity index (χ3v) is 6.56. The van der Waals surface area contributed by atoms with Crippen LogP contribution >= 0.6 is 0 Å². The summed E-state index contributed by atoms with van der Waals surface area (Å²) in [5, 5.41) is 3.06. The van der Waals surface area contributed by atoms with E-state index in [0.29, 0.717) is 12.1 Å². The smallest absolute Gasteiger partial charge is 0.244 e. The van der Waals surface area contributed by atoms with Gasteiger partial charge in [-0.2, -0.15) is 0 Å². The quantitative estimate of drug-likeness (QED) is 0.781. The van der Waals surface area contributed by atoms with Crippen LogP contribution in [0, 0.1) is 13.8 Å². The van der Waals surface area contributed by atoms with Crippen molar-refractivity contribution < 1.29 is 17.9 Å². The van der Waals surface area contributed by atoms with Gasteiger partial charge in [-0.1, -0.05) is 29.8 Å². The lowest BCUT2D eigenvalue weighted by atomic mass is 9.89. The van der Waals surface area contributed by atoms with Gasteiger partial charge >= 0.3 is 0 Å². The number of hydrogen-bond acceptors (Lipinski definition) is 4. The van der Waals surface area contributed by atoms with Gasteiger partial charge in [0.25, 0.3) is 0 Å². The van der Waals surface area contributed by atoms with Crippen LogP contribution in [0.5, 0.6) is 5.75 Å². The molecule has 0 bridgehead atoms. The van der Waals surface area contributed by atoms with Gasteiger partial charge in [0, 0.05) is 12.0 Å². The molecule has 0 aromatic heterocycles. The predicted molar refractivity (Wildman–Crippen MR) is 119 cm³/mol. The molecule has 2 unspecified atom stereocenters. The van der Waals surface area contributed by atoms with E-state index in [1.54, 1.807) is 19.1 Å². The van der Waals surface area contributed by atoms with E-state index < -0.39 is 21.7 Å². The van der Waals surface area contributed by atoms with E-state index >= 15 is 0 Å². The van der Waals surface area contributed by atoms with Gasteiger partial charge in [-0.25, -0.2) is 8.42 Å². The largest absolute Gasteiger partial charge is 0.487 e. The Balaban J connectivity index is 1.89. The van der Waals surface area contributed by atoms with Crippen molar-refractivity contribution in [2.24, 2.45) is 0 Å². The van der Waals surface area contributed by atoms with Gasteiger partial charge in [-0.15, -0.1) is 0 Å². The van der Waals surface area contributed by atoms with Crippen molar-refractivity contribution in [1.29, 1.82) is 0 Å². The van der Waals surface area contributed by atoms with E-state index in [9.17, 15) is 13.2 Å². The summed E-state index contributed by atoms with van der Waals surface area (Å²) in [6.07, 6.45) is 1.71. The molecule has 162 valence electrons. The molecule has 0 radical (unpaired) electrons. The highest BCUT2D eigenvalue weighted by Crippen LogP contribution is 2.40. The number of benzene rings is 2. The van der Waals surface area contributed by atoms with E-state index in [4.69, 9.17) is 4.74 Å². The fourth-order valence-corrected chi connectivity index (χ4v) is 5.06. The highest BCUT2D eigenvalue weighted by Gasteiger charge is 2.37. The number of sulfonamides is 1. The summed E-state index contributed by atoms with van der Waals surface area (Å²) in [5.74, 6) is 0.401. The third-order valence-electron chi connectivity index (χ3n) is 5.32. The van der Waals surface area contributed by atoms with Crippen LogP contribution in [0.15, 0.2) is 42.5 Å². The van der Waals surface area contributed by atoms with Crippen molar-refractivity contribution in [3.8, 4) is 5.75 Å². The van der Waals surface area contributed by atoms with Crippen LogP contribution in [0.2, 0.25) is 0 Å². The zero-order chi connectivity index (χ0) is 22.3. The molecule has 1 aliphatic rings. The van der Waals surface area contributed by atoms with Crippen molar-refractivity contribution in [1.82, 2.24) is 5.32 Å². The van der Waals surface area contributed by atoms with Crippen molar-refractivity contribution in [2.45, 2.75) is 58.7 Å². The second-order valence-electron chi connectivity index (χ2n) is 8.74. The van der Waals surface area contributed by atoms with Crippen LogP contribution in [0.3, 0.4) is 0 Å². The lowest BCUT2D eigenvalue weighted by molar-refractivity contribution is -0.123. The van der Waals surface area contributed by atoms with Crippen LogP contribution in [-0.2, 0) is 14.8 Å². The molecule has 0 aliphatic carbocycles. The van der Waals surface area contributed by atoms with Gasteiger partial charge in [-0.3, -0.25) is 9.10 Å². The lowest BCUT2D eigenvalue weighted by Gasteiger charge is -2.39. The maximum Gasteiger partial charge on any atom is 0.244 e. The topological polar surface area (TPSA) is 75.7 Å². The third kappa shape index (κ3) is 4.78. The Hall–Kier alpha value is -2.54. The number of amides is 1. The number of aryl methyl sites for hydroxylation is 2. The SMILES string of the molecule is Cc1ccc(N(C(C)C(=O)NC2CC(C)(C)Oc3cc(C)ccc32)S(C)(=O)=O)cc1. The van der Waals surface area contributed by atoms with Crippen LogP contribution in [0.1, 0.15) is 49.9 Å². The van der Waals surface area contributed by atoms with Crippen molar-refractivity contribution in [2.75, 3.05) is 10.6 Å². The first-order valence-corrected chi connectivity index (χ1v) is 11.9. The molecule has 2 atom stereocenters.